The number of carbonyl (C=O) groups is 2. The van der Waals surface area contributed by atoms with Gasteiger partial charge in [-0.2, -0.15) is 13.2 Å². The van der Waals surface area contributed by atoms with E-state index in [0.29, 0.717) is 12.0 Å². The zero-order valence-electron chi connectivity index (χ0n) is 16.6. The van der Waals surface area contributed by atoms with E-state index >= 15 is 0 Å². The summed E-state index contributed by atoms with van der Waals surface area (Å²) in [4.78, 5) is 23.6. The van der Waals surface area contributed by atoms with Crippen LogP contribution in [0.3, 0.4) is 0 Å². The van der Waals surface area contributed by atoms with Crippen molar-refractivity contribution in [2.24, 2.45) is 5.92 Å². The van der Waals surface area contributed by atoms with Crippen LogP contribution in [0.2, 0.25) is 0 Å². The van der Waals surface area contributed by atoms with Crippen LogP contribution in [0.5, 0.6) is 0 Å². The predicted octanol–water partition coefficient (Wildman–Crippen LogP) is 2.62. The molecule has 2 aliphatic heterocycles. The number of halogens is 3. The van der Waals surface area contributed by atoms with Crippen LogP contribution < -0.4 is 5.32 Å². The van der Waals surface area contributed by atoms with Crippen LogP contribution in [0.4, 0.5) is 13.2 Å². The first-order valence-corrected chi connectivity index (χ1v) is 10.2. The van der Waals surface area contributed by atoms with Gasteiger partial charge < -0.3 is 20.1 Å². The van der Waals surface area contributed by atoms with Crippen molar-refractivity contribution < 1.29 is 32.6 Å². The standard InChI is InChI=1S/C19H26N2O2.C2HF3O2/c22-19(20-16-6-7-16)17-12-15-9-11-21(13-18(15)23-17)10-8-14-4-2-1-3-5-14;3-2(4,5)1(6)7/h1-5,15-18H,6-13H2,(H,20,22);(H,6,7)/t15-,17+,18-;/m0./s1. The van der Waals surface area contributed by atoms with Crippen molar-refractivity contribution in [2.75, 3.05) is 19.6 Å². The molecule has 3 aliphatic rings. The molecule has 0 unspecified atom stereocenters. The van der Waals surface area contributed by atoms with Gasteiger partial charge in [0.05, 0.1) is 6.10 Å². The number of hydrogen-bond acceptors (Lipinski definition) is 4. The van der Waals surface area contributed by atoms with Gasteiger partial charge in [-0.3, -0.25) is 4.79 Å². The van der Waals surface area contributed by atoms with Crippen molar-refractivity contribution in [3.05, 3.63) is 35.9 Å². The molecule has 4 rings (SSSR count). The average Bonchev–Trinajstić information content (AvgIpc) is 3.41. The zero-order valence-corrected chi connectivity index (χ0v) is 16.6. The number of piperidine rings is 1. The second-order valence-electron chi connectivity index (χ2n) is 8.07. The lowest BCUT2D eigenvalue weighted by Gasteiger charge is -2.34. The maximum Gasteiger partial charge on any atom is 0.490 e. The normalized spacial score (nSPS) is 26.3. The van der Waals surface area contributed by atoms with Gasteiger partial charge in [0, 0.05) is 19.1 Å². The highest BCUT2D eigenvalue weighted by molar-refractivity contribution is 5.81. The summed E-state index contributed by atoms with van der Waals surface area (Å²) in [5, 5.41) is 10.2. The molecule has 6 nitrogen and oxygen atoms in total. The molecule has 0 aromatic heterocycles. The molecule has 1 amide bonds. The van der Waals surface area contributed by atoms with Crippen LogP contribution in [-0.2, 0) is 20.7 Å². The topological polar surface area (TPSA) is 78.9 Å². The molecule has 2 N–H and O–H groups in total. The average molecular weight is 428 g/mol. The van der Waals surface area contributed by atoms with Gasteiger partial charge in [-0.1, -0.05) is 30.3 Å². The Bertz CT molecular complexity index is 725. The molecule has 2 heterocycles. The van der Waals surface area contributed by atoms with Gasteiger partial charge in [-0.25, -0.2) is 4.79 Å². The minimum Gasteiger partial charge on any atom is -0.475 e. The summed E-state index contributed by atoms with van der Waals surface area (Å²) in [5.74, 6) is -2.07. The van der Waals surface area contributed by atoms with E-state index in [-0.39, 0.29) is 18.1 Å². The third kappa shape index (κ3) is 6.70. The molecule has 1 aromatic rings. The highest BCUT2D eigenvalue weighted by Crippen LogP contribution is 2.34. The van der Waals surface area contributed by atoms with Crippen LogP contribution in [0.1, 0.15) is 31.2 Å². The lowest BCUT2D eigenvalue weighted by molar-refractivity contribution is -0.192. The number of nitrogens with one attached hydrogen (secondary N) is 1. The Morgan fingerprint density at radius 1 is 1.17 bits per heavy atom. The molecule has 1 aromatic carbocycles. The van der Waals surface area contributed by atoms with Gasteiger partial charge in [0.25, 0.3) is 0 Å². The minimum absolute atomic E-state index is 0.123. The third-order valence-electron chi connectivity index (χ3n) is 5.65. The molecule has 1 aliphatic carbocycles. The summed E-state index contributed by atoms with van der Waals surface area (Å²) in [6, 6.07) is 11.1. The van der Waals surface area contributed by atoms with Crippen LogP contribution >= 0.6 is 0 Å². The largest absolute Gasteiger partial charge is 0.490 e. The first kappa shape index (κ1) is 22.6. The number of carbonyl (C=O) groups excluding carboxylic acids is 1. The van der Waals surface area contributed by atoms with E-state index in [0.717, 1.165) is 51.7 Å². The summed E-state index contributed by atoms with van der Waals surface area (Å²) in [6.07, 6.45) is 0.387. The highest BCUT2D eigenvalue weighted by atomic mass is 19.4. The molecule has 166 valence electrons. The number of benzene rings is 1. The number of ether oxygens (including phenoxy) is 1. The number of carboxylic acid groups (broad SMARTS) is 1. The Morgan fingerprint density at radius 3 is 2.43 bits per heavy atom. The Kier molecular flexibility index (Phi) is 7.36. The Hall–Kier alpha value is -2.13. The smallest absolute Gasteiger partial charge is 0.475 e. The monoisotopic (exact) mass is 428 g/mol. The van der Waals surface area contributed by atoms with E-state index in [4.69, 9.17) is 14.6 Å². The van der Waals surface area contributed by atoms with Gasteiger partial charge in [0.2, 0.25) is 5.91 Å². The molecule has 30 heavy (non-hydrogen) atoms. The molecule has 0 spiro atoms. The summed E-state index contributed by atoms with van der Waals surface area (Å²) >= 11 is 0. The molecular weight excluding hydrogens is 401 g/mol. The summed E-state index contributed by atoms with van der Waals surface area (Å²) < 4.78 is 37.8. The van der Waals surface area contributed by atoms with E-state index in [1.54, 1.807) is 0 Å². The Labute approximate surface area is 173 Å². The SMILES string of the molecule is O=C(NC1CC1)[C@H]1C[C@@H]2CCN(CCc3ccccc3)C[C@@H]2O1.O=C(O)C(F)(F)F. The van der Waals surface area contributed by atoms with E-state index in [1.807, 2.05) is 0 Å². The summed E-state index contributed by atoms with van der Waals surface area (Å²) in [5.41, 5.74) is 1.39. The molecule has 2 saturated heterocycles. The maximum atomic E-state index is 12.2. The van der Waals surface area contributed by atoms with Crippen molar-refractivity contribution in [3.8, 4) is 0 Å². The summed E-state index contributed by atoms with van der Waals surface area (Å²) in [6.45, 7) is 3.19. The van der Waals surface area contributed by atoms with Crippen molar-refractivity contribution in [1.29, 1.82) is 0 Å². The molecule has 1 saturated carbocycles. The predicted molar refractivity (Wildman–Crippen MR) is 103 cm³/mol. The number of aliphatic carboxylic acids is 1. The molecule has 9 heteroatoms. The number of alkyl halides is 3. The number of nitrogens with zero attached hydrogens (tertiary/aromatic N) is 1. The first-order valence-electron chi connectivity index (χ1n) is 10.2. The van der Waals surface area contributed by atoms with Gasteiger partial charge in [-0.15, -0.1) is 0 Å². The van der Waals surface area contributed by atoms with Crippen LogP contribution in [0, 0.1) is 5.92 Å². The lowest BCUT2D eigenvalue weighted by Crippen LogP contribution is -2.43. The number of rotatable bonds is 5. The van der Waals surface area contributed by atoms with Gasteiger partial charge in [0.1, 0.15) is 6.10 Å². The van der Waals surface area contributed by atoms with Crippen LogP contribution in [0.25, 0.3) is 0 Å². The minimum atomic E-state index is -5.08. The number of carboxylic acids is 1. The van der Waals surface area contributed by atoms with Crippen LogP contribution in [0.15, 0.2) is 30.3 Å². The number of likely N-dealkylation sites (tertiary alicyclic amines) is 1. The van der Waals surface area contributed by atoms with E-state index in [1.165, 1.54) is 5.56 Å². The van der Waals surface area contributed by atoms with Gasteiger partial charge in [-0.05, 0) is 50.1 Å². The zero-order chi connectivity index (χ0) is 21.7. The van der Waals surface area contributed by atoms with E-state index in [2.05, 4.69) is 40.5 Å². The highest BCUT2D eigenvalue weighted by Gasteiger charge is 2.42. The molecule has 0 radical (unpaired) electrons. The van der Waals surface area contributed by atoms with Crippen molar-refractivity contribution in [1.82, 2.24) is 10.2 Å². The van der Waals surface area contributed by atoms with E-state index in [9.17, 15) is 18.0 Å². The number of amides is 1. The fourth-order valence-corrected chi connectivity index (χ4v) is 3.82. The number of fused-ring (bicyclic) bond motifs is 1. The van der Waals surface area contributed by atoms with Gasteiger partial charge >= 0.3 is 12.1 Å². The maximum absolute atomic E-state index is 12.2. The second-order valence-corrected chi connectivity index (χ2v) is 8.07. The fourth-order valence-electron chi connectivity index (χ4n) is 3.82. The third-order valence-corrected chi connectivity index (χ3v) is 5.65. The summed E-state index contributed by atoms with van der Waals surface area (Å²) in [7, 11) is 0. The van der Waals surface area contributed by atoms with E-state index < -0.39 is 12.1 Å². The molecule has 0 bridgehead atoms. The van der Waals surface area contributed by atoms with Crippen molar-refractivity contribution >= 4 is 11.9 Å². The van der Waals surface area contributed by atoms with Crippen molar-refractivity contribution in [3.63, 3.8) is 0 Å². The van der Waals surface area contributed by atoms with Gasteiger partial charge in [0.15, 0.2) is 0 Å². The molecular formula is C21H27F3N2O4. The number of hydrogen-bond donors (Lipinski definition) is 2. The quantitative estimate of drug-likeness (QED) is 0.754. The first-order chi connectivity index (χ1) is 14.2. The van der Waals surface area contributed by atoms with Crippen molar-refractivity contribution in [2.45, 2.75) is 56.5 Å². The Balaban J connectivity index is 0.000000318. The second kappa shape index (κ2) is 9.78. The lowest BCUT2D eigenvalue weighted by atomic mass is 9.91. The van der Waals surface area contributed by atoms with Crippen LogP contribution in [-0.4, -0.2) is 65.9 Å². The molecule has 3 fully saturated rings. The fraction of sp³-hybridized carbons (Fsp3) is 0.619. The molecule has 3 atom stereocenters. The Morgan fingerprint density at radius 2 is 1.83 bits per heavy atom.